The molecule has 0 spiro atoms. The van der Waals surface area contributed by atoms with Gasteiger partial charge in [0.05, 0.1) is 14.2 Å². The van der Waals surface area contributed by atoms with Crippen LogP contribution in [0.3, 0.4) is 0 Å². The molecule has 0 aromatic heterocycles. The Labute approximate surface area is 165 Å². The predicted molar refractivity (Wildman–Crippen MR) is 105 cm³/mol. The molecule has 0 atom stereocenters. The summed E-state index contributed by atoms with van der Waals surface area (Å²) >= 11 is 0. The molecule has 0 saturated heterocycles. The molecule has 0 fully saturated rings. The Morgan fingerprint density at radius 2 is 1.57 bits per heavy atom. The van der Waals surface area contributed by atoms with Crippen molar-refractivity contribution in [2.45, 2.75) is 20.0 Å². The number of esters is 2. The van der Waals surface area contributed by atoms with Gasteiger partial charge in [-0.1, -0.05) is 42.0 Å². The zero-order valence-electron chi connectivity index (χ0n) is 16.1. The summed E-state index contributed by atoms with van der Waals surface area (Å²) in [6.45, 7) is 2.01. The molecular weight excluding hydrogens is 362 g/mol. The van der Waals surface area contributed by atoms with E-state index in [2.05, 4.69) is 14.8 Å². The van der Waals surface area contributed by atoms with Gasteiger partial charge in [-0.15, -0.1) is 0 Å². The molecule has 28 heavy (non-hydrogen) atoms. The molecule has 0 heterocycles. The highest BCUT2D eigenvalue weighted by atomic mass is 16.6. The minimum Gasteiger partial charge on any atom is -0.468 e. The molecule has 1 N–H and O–H groups in total. The van der Waals surface area contributed by atoms with Crippen molar-refractivity contribution >= 4 is 23.7 Å². The van der Waals surface area contributed by atoms with Crippen LogP contribution in [0.1, 0.15) is 18.1 Å². The van der Waals surface area contributed by atoms with Gasteiger partial charge in [-0.2, -0.15) is 0 Å². The number of anilines is 1. The standard InChI is InChI=1S/C21H23NO6.H2/c1-14-7-9-17(10-8-14)22-21(25)28-13-16-6-4-5-15(11-16)12-18(19(23)26-2)20(24)27-3;/h4-11,18H,12-13H2,1-3H3,(H,22,25);1H. The monoisotopic (exact) mass is 387 g/mol. The van der Waals surface area contributed by atoms with E-state index in [-0.39, 0.29) is 14.5 Å². The molecule has 0 aliphatic carbocycles. The molecule has 2 aromatic carbocycles. The minimum atomic E-state index is -1.05. The summed E-state index contributed by atoms with van der Waals surface area (Å²) < 4.78 is 14.6. The summed E-state index contributed by atoms with van der Waals surface area (Å²) in [4.78, 5) is 35.6. The Morgan fingerprint density at radius 3 is 2.18 bits per heavy atom. The molecule has 0 aliphatic rings. The Balaban J connectivity index is 0.00000420. The highest BCUT2D eigenvalue weighted by Crippen LogP contribution is 2.15. The summed E-state index contributed by atoms with van der Waals surface area (Å²) in [5.41, 5.74) is 3.18. The maximum Gasteiger partial charge on any atom is 0.411 e. The van der Waals surface area contributed by atoms with Gasteiger partial charge >= 0.3 is 18.0 Å². The fourth-order valence-corrected chi connectivity index (χ4v) is 2.57. The van der Waals surface area contributed by atoms with Crippen molar-refractivity contribution in [3.63, 3.8) is 0 Å². The van der Waals surface area contributed by atoms with Crippen molar-refractivity contribution in [3.8, 4) is 0 Å². The van der Waals surface area contributed by atoms with Crippen LogP contribution in [0, 0.1) is 12.8 Å². The van der Waals surface area contributed by atoms with Gasteiger partial charge < -0.3 is 14.2 Å². The van der Waals surface area contributed by atoms with E-state index in [1.165, 1.54) is 14.2 Å². The van der Waals surface area contributed by atoms with Gasteiger partial charge in [0.15, 0.2) is 5.92 Å². The Kier molecular flexibility index (Phi) is 7.56. The third-order valence-corrected chi connectivity index (χ3v) is 4.07. The molecule has 7 heteroatoms. The van der Waals surface area contributed by atoms with E-state index >= 15 is 0 Å². The van der Waals surface area contributed by atoms with Crippen LogP contribution in [0.15, 0.2) is 48.5 Å². The Hall–Kier alpha value is -3.35. The Bertz CT molecular complexity index is 821. The molecular formula is C21H25NO6. The molecule has 0 aliphatic heterocycles. The van der Waals surface area contributed by atoms with Crippen molar-refractivity contribution in [2.24, 2.45) is 5.92 Å². The number of carbonyl (C=O) groups is 3. The lowest BCUT2D eigenvalue weighted by atomic mass is 9.98. The number of ether oxygens (including phenoxy) is 3. The predicted octanol–water partition coefficient (Wildman–Crippen LogP) is 3.49. The van der Waals surface area contributed by atoms with Crippen molar-refractivity contribution in [2.75, 3.05) is 19.5 Å². The van der Waals surface area contributed by atoms with E-state index in [0.29, 0.717) is 5.69 Å². The second-order valence-electron chi connectivity index (χ2n) is 6.19. The molecule has 0 unspecified atom stereocenters. The second-order valence-corrected chi connectivity index (χ2v) is 6.19. The van der Waals surface area contributed by atoms with E-state index < -0.39 is 23.9 Å². The average molecular weight is 387 g/mol. The van der Waals surface area contributed by atoms with Gasteiger partial charge in [0.2, 0.25) is 0 Å². The van der Waals surface area contributed by atoms with Gasteiger partial charge in [-0.25, -0.2) is 4.79 Å². The van der Waals surface area contributed by atoms with Gasteiger partial charge in [-0.05, 0) is 36.6 Å². The lowest BCUT2D eigenvalue weighted by Crippen LogP contribution is -2.28. The number of amides is 1. The average Bonchev–Trinajstić information content (AvgIpc) is 2.71. The number of benzene rings is 2. The van der Waals surface area contributed by atoms with Crippen molar-refractivity contribution < 1.29 is 30.0 Å². The van der Waals surface area contributed by atoms with Crippen molar-refractivity contribution in [1.29, 1.82) is 0 Å². The van der Waals surface area contributed by atoms with Crippen LogP contribution in [0.2, 0.25) is 0 Å². The lowest BCUT2D eigenvalue weighted by molar-refractivity contribution is -0.158. The Morgan fingerprint density at radius 1 is 0.964 bits per heavy atom. The number of hydrogen-bond acceptors (Lipinski definition) is 6. The summed E-state index contributed by atoms with van der Waals surface area (Å²) in [5.74, 6) is -2.37. The fraction of sp³-hybridized carbons (Fsp3) is 0.286. The number of carbonyl (C=O) groups excluding carboxylic acids is 3. The first-order valence-corrected chi connectivity index (χ1v) is 8.67. The number of nitrogens with one attached hydrogen (secondary N) is 1. The van der Waals surface area contributed by atoms with E-state index in [4.69, 9.17) is 4.74 Å². The van der Waals surface area contributed by atoms with Crippen LogP contribution < -0.4 is 5.32 Å². The van der Waals surface area contributed by atoms with Crippen LogP contribution in [-0.2, 0) is 36.8 Å². The van der Waals surface area contributed by atoms with Gasteiger partial charge in [-0.3, -0.25) is 14.9 Å². The lowest BCUT2D eigenvalue weighted by Gasteiger charge is -2.13. The van der Waals surface area contributed by atoms with Crippen LogP contribution >= 0.6 is 0 Å². The second kappa shape index (κ2) is 10.1. The highest BCUT2D eigenvalue weighted by molar-refractivity contribution is 5.95. The zero-order valence-corrected chi connectivity index (χ0v) is 16.1. The van der Waals surface area contributed by atoms with E-state index in [1.54, 1.807) is 36.4 Å². The zero-order chi connectivity index (χ0) is 20.5. The van der Waals surface area contributed by atoms with Crippen LogP contribution in [0.5, 0.6) is 0 Å². The van der Waals surface area contributed by atoms with E-state index in [1.807, 2.05) is 19.1 Å². The summed E-state index contributed by atoms with van der Waals surface area (Å²) in [6.07, 6.45) is -0.445. The molecule has 0 saturated carbocycles. The van der Waals surface area contributed by atoms with Crippen LogP contribution in [-0.4, -0.2) is 32.3 Å². The third kappa shape index (κ3) is 6.12. The minimum absolute atomic E-state index is 0. The SMILES string of the molecule is COC(=O)C(Cc1cccc(COC(=O)Nc2ccc(C)cc2)c1)C(=O)OC.[HH]. The third-order valence-electron chi connectivity index (χ3n) is 4.07. The highest BCUT2D eigenvalue weighted by Gasteiger charge is 2.28. The molecule has 150 valence electrons. The summed E-state index contributed by atoms with van der Waals surface area (Å²) in [7, 11) is 2.43. The number of rotatable bonds is 7. The van der Waals surface area contributed by atoms with E-state index in [0.717, 1.165) is 16.7 Å². The molecule has 0 bridgehead atoms. The first-order valence-electron chi connectivity index (χ1n) is 8.67. The number of methoxy groups -OCH3 is 2. The van der Waals surface area contributed by atoms with Crippen LogP contribution in [0.4, 0.5) is 10.5 Å². The van der Waals surface area contributed by atoms with Crippen molar-refractivity contribution in [1.82, 2.24) is 0 Å². The summed E-state index contributed by atoms with van der Waals surface area (Å²) in [6, 6.07) is 14.4. The maximum absolute atomic E-state index is 11.9. The van der Waals surface area contributed by atoms with Crippen molar-refractivity contribution in [3.05, 3.63) is 65.2 Å². The largest absolute Gasteiger partial charge is 0.468 e. The first kappa shape index (κ1) is 21.0. The van der Waals surface area contributed by atoms with Gasteiger partial charge in [0, 0.05) is 7.11 Å². The van der Waals surface area contributed by atoms with Gasteiger partial charge in [0.1, 0.15) is 6.61 Å². The fourth-order valence-electron chi connectivity index (χ4n) is 2.57. The van der Waals surface area contributed by atoms with Gasteiger partial charge in [0.25, 0.3) is 0 Å². The molecule has 2 rings (SSSR count). The summed E-state index contributed by atoms with van der Waals surface area (Å²) in [5, 5.41) is 2.65. The topological polar surface area (TPSA) is 90.9 Å². The normalized spacial score (nSPS) is 10.3. The molecule has 2 aromatic rings. The molecule has 7 nitrogen and oxygen atoms in total. The van der Waals surface area contributed by atoms with Crippen LogP contribution in [0.25, 0.3) is 0 Å². The number of hydrogen-bond donors (Lipinski definition) is 1. The smallest absolute Gasteiger partial charge is 0.411 e. The van der Waals surface area contributed by atoms with E-state index in [9.17, 15) is 14.4 Å². The first-order chi connectivity index (χ1) is 13.4. The number of aryl methyl sites for hydroxylation is 1. The quantitative estimate of drug-likeness (QED) is 0.444. The maximum atomic E-state index is 11.9. The molecule has 1 amide bonds. The molecule has 0 radical (unpaired) electrons.